The van der Waals surface area contributed by atoms with Gasteiger partial charge in [-0.2, -0.15) is 0 Å². The summed E-state index contributed by atoms with van der Waals surface area (Å²) in [5.41, 5.74) is -0.538. The molecule has 2 rings (SSSR count). The molecule has 0 saturated heterocycles. The Labute approximate surface area is 211 Å². The Morgan fingerprint density at radius 3 is 2.17 bits per heavy atom. The van der Waals surface area contributed by atoms with E-state index in [0.29, 0.717) is 0 Å². The van der Waals surface area contributed by atoms with Crippen LogP contribution in [0, 0.1) is 5.41 Å². The smallest absolute Gasteiger partial charge is 0.325 e. The number of nitrogens with one attached hydrogen (secondary N) is 1. The van der Waals surface area contributed by atoms with E-state index in [1.54, 1.807) is 26.8 Å². The summed E-state index contributed by atoms with van der Waals surface area (Å²) in [6.07, 6.45) is 0. The lowest BCUT2D eigenvalue weighted by Crippen LogP contribution is -2.34. The number of para-hydroxylation sites is 1. The first-order valence-corrected chi connectivity index (χ1v) is 11.8. The van der Waals surface area contributed by atoms with Crippen LogP contribution < -0.4 is 14.4 Å². The highest BCUT2D eigenvalue weighted by molar-refractivity contribution is 7.81. The molecule has 0 fully saturated rings. The molecule has 0 aliphatic rings. The highest BCUT2D eigenvalue weighted by Crippen LogP contribution is 2.31. The second-order valence-electron chi connectivity index (χ2n) is 8.79. The van der Waals surface area contributed by atoms with Crippen molar-refractivity contribution in [2.75, 3.05) is 31.6 Å². The summed E-state index contributed by atoms with van der Waals surface area (Å²) in [5, 5.41) is 2.36. The van der Waals surface area contributed by atoms with Gasteiger partial charge in [-0.05, 0) is 57.2 Å². The number of nitrogens with zero attached hydrogens (tertiary/aromatic N) is 2. The molecule has 0 spiro atoms. The van der Waals surface area contributed by atoms with Gasteiger partial charge in [-0.15, -0.1) is 0 Å². The number of esters is 2. The van der Waals surface area contributed by atoms with Crippen LogP contribution in [0.2, 0.25) is 0 Å². The molecule has 12 heteroatoms. The minimum absolute atomic E-state index is 0.0258. The summed E-state index contributed by atoms with van der Waals surface area (Å²) >= 11 is -2.83. The molecule has 2 aromatic carbocycles. The van der Waals surface area contributed by atoms with Crippen LogP contribution >= 0.6 is 0 Å². The van der Waals surface area contributed by atoms with Crippen molar-refractivity contribution in [2.45, 2.75) is 20.8 Å². The fourth-order valence-corrected chi connectivity index (χ4v) is 3.24. The fraction of sp³-hybridized carbons (Fsp3) is 0.333. The minimum Gasteiger partial charge on any atom is -0.755 e. The average Bonchev–Trinajstić information content (AvgIpc) is 2.81. The standard InChI is InChI=1S/C24H29N3O8S/c1-24(2,3)23(31)35-17-12-10-16(11-13-17)27(36(32)33)19-9-7-6-8-18(19)22(30)25-14-21(29)34-15-20(28)26(4)5/h6-13H,14-15H2,1-5H3,(H,25,30)(H,32,33)/p-1. The van der Waals surface area contributed by atoms with Crippen molar-refractivity contribution in [3.8, 4) is 5.75 Å². The topological polar surface area (TPSA) is 145 Å². The van der Waals surface area contributed by atoms with Crippen LogP contribution in [0.4, 0.5) is 11.4 Å². The minimum atomic E-state index is -2.83. The Bertz CT molecular complexity index is 1140. The van der Waals surface area contributed by atoms with E-state index < -0.39 is 53.6 Å². The molecule has 36 heavy (non-hydrogen) atoms. The zero-order valence-corrected chi connectivity index (χ0v) is 21.4. The van der Waals surface area contributed by atoms with E-state index in [4.69, 9.17) is 9.47 Å². The lowest BCUT2D eigenvalue weighted by Gasteiger charge is -2.28. The lowest BCUT2D eigenvalue weighted by molar-refractivity contribution is -0.150. The van der Waals surface area contributed by atoms with E-state index in [0.717, 1.165) is 4.31 Å². The summed E-state index contributed by atoms with van der Waals surface area (Å²) in [7, 11) is 3.01. The number of amides is 2. The largest absolute Gasteiger partial charge is 0.755 e. The van der Waals surface area contributed by atoms with Crippen LogP contribution in [0.25, 0.3) is 0 Å². The van der Waals surface area contributed by atoms with Gasteiger partial charge in [-0.1, -0.05) is 12.1 Å². The van der Waals surface area contributed by atoms with Crippen LogP contribution in [-0.4, -0.2) is 64.7 Å². The maximum atomic E-state index is 12.8. The van der Waals surface area contributed by atoms with Crippen LogP contribution in [0.1, 0.15) is 31.1 Å². The third-order valence-electron chi connectivity index (χ3n) is 4.66. The van der Waals surface area contributed by atoms with Gasteiger partial charge in [0.2, 0.25) is 0 Å². The second kappa shape index (κ2) is 12.3. The van der Waals surface area contributed by atoms with Crippen LogP contribution in [0.5, 0.6) is 5.75 Å². The van der Waals surface area contributed by atoms with Gasteiger partial charge in [0.25, 0.3) is 11.8 Å². The molecule has 2 amide bonds. The predicted octanol–water partition coefficient (Wildman–Crippen LogP) is 1.93. The molecule has 0 aliphatic heterocycles. The van der Waals surface area contributed by atoms with Crippen molar-refractivity contribution < 1.29 is 37.4 Å². The molecule has 0 aliphatic carbocycles. The zero-order valence-electron chi connectivity index (χ0n) is 20.6. The van der Waals surface area contributed by atoms with Gasteiger partial charge < -0.3 is 24.2 Å². The fourth-order valence-electron chi connectivity index (χ4n) is 2.63. The molecule has 0 aromatic heterocycles. The first-order valence-electron chi connectivity index (χ1n) is 10.8. The van der Waals surface area contributed by atoms with Gasteiger partial charge in [0, 0.05) is 14.1 Å². The van der Waals surface area contributed by atoms with Crippen LogP contribution in [0.15, 0.2) is 48.5 Å². The molecule has 0 heterocycles. The van der Waals surface area contributed by atoms with E-state index in [1.807, 2.05) is 0 Å². The first-order chi connectivity index (χ1) is 16.8. The number of benzene rings is 2. The van der Waals surface area contributed by atoms with Crippen molar-refractivity contribution in [1.82, 2.24) is 10.2 Å². The monoisotopic (exact) mass is 518 g/mol. The maximum Gasteiger partial charge on any atom is 0.325 e. The molecule has 1 atom stereocenters. The van der Waals surface area contributed by atoms with Gasteiger partial charge in [-0.3, -0.25) is 27.7 Å². The number of ether oxygens (including phenoxy) is 2. The molecule has 0 bridgehead atoms. The number of rotatable bonds is 9. The van der Waals surface area contributed by atoms with E-state index in [1.165, 1.54) is 61.5 Å². The third kappa shape index (κ3) is 7.89. The number of carbonyl (C=O) groups excluding carboxylic acids is 4. The van der Waals surface area contributed by atoms with Gasteiger partial charge >= 0.3 is 11.9 Å². The molecule has 1 N–H and O–H groups in total. The lowest BCUT2D eigenvalue weighted by atomic mass is 9.97. The Morgan fingerprint density at radius 1 is 1.00 bits per heavy atom. The van der Waals surface area contributed by atoms with E-state index in [-0.39, 0.29) is 22.7 Å². The molecule has 11 nitrogen and oxygen atoms in total. The zero-order chi connectivity index (χ0) is 27.0. The average molecular weight is 519 g/mol. The van der Waals surface area contributed by atoms with Gasteiger partial charge in [-0.25, -0.2) is 0 Å². The summed E-state index contributed by atoms with van der Waals surface area (Å²) in [5.74, 6) is -2.21. The quantitative estimate of drug-likeness (QED) is 0.301. The Hall–Kier alpha value is -3.77. The number of hydrogen-bond acceptors (Lipinski definition) is 8. The Balaban J connectivity index is 2.19. The summed E-state index contributed by atoms with van der Waals surface area (Å²) in [6.45, 7) is 4.12. The number of likely N-dealkylation sites (N-methyl/N-ethyl adjacent to an activating group) is 1. The normalized spacial score (nSPS) is 11.7. The predicted molar refractivity (Wildman–Crippen MR) is 131 cm³/mol. The molecular weight excluding hydrogens is 490 g/mol. The van der Waals surface area contributed by atoms with Crippen LogP contribution in [0.3, 0.4) is 0 Å². The van der Waals surface area contributed by atoms with E-state index >= 15 is 0 Å². The number of anilines is 2. The van der Waals surface area contributed by atoms with Crippen molar-refractivity contribution in [3.05, 3.63) is 54.1 Å². The number of hydrogen-bond donors (Lipinski definition) is 1. The molecule has 0 radical (unpaired) electrons. The van der Waals surface area contributed by atoms with Crippen molar-refractivity contribution in [2.24, 2.45) is 5.41 Å². The maximum absolute atomic E-state index is 12.8. The molecule has 194 valence electrons. The van der Waals surface area contributed by atoms with Gasteiger partial charge in [0.05, 0.1) is 33.6 Å². The second-order valence-corrected chi connectivity index (χ2v) is 9.59. The summed E-state index contributed by atoms with van der Waals surface area (Å²) in [4.78, 5) is 49.5. The SMILES string of the molecule is CN(C)C(=O)COC(=O)CNC(=O)c1ccccc1N(c1ccc(OC(=O)C(C)(C)C)cc1)S(=O)[O-]. The van der Waals surface area contributed by atoms with Crippen molar-refractivity contribution in [1.29, 1.82) is 0 Å². The van der Waals surface area contributed by atoms with Gasteiger partial charge in [0.1, 0.15) is 12.3 Å². The Morgan fingerprint density at radius 2 is 1.61 bits per heavy atom. The number of carbonyl (C=O) groups is 4. The van der Waals surface area contributed by atoms with Crippen molar-refractivity contribution >= 4 is 46.4 Å². The summed E-state index contributed by atoms with van der Waals surface area (Å²) in [6, 6.07) is 11.6. The van der Waals surface area contributed by atoms with Gasteiger partial charge in [0.15, 0.2) is 6.61 Å². The molecule has 0 saturated carbocycles. The highest BCUT2D eigenvalue weighted by atomic mass is 32.2. The van der Waals surface area contributed by atoms with Crippen molar-refractivity contribution in [3.63, 3.8) is 0 Å². The van der Waals surface area contributed by atoms with E-state index in [9.17, 15) is 27.9 Å². The first kappa shape index (κ1) is 28.5. The Kier molecular flexibility index (Phi) is 9.70. The third-order valence-corrected chi connectivity index (χ3v) is 5.37. The van der Waals surface area contributed by atoms with Crippen LogP contribution in [-0.2, 0) is 30.4 Å². The molecule has 1 unspecified atom stereocenters. The summed E-state index contributed by atoms with van der Waals surface area (Å²) < 4.78 is 35.3. The van der Waals surface area contributed by atoms with E-state index in [2.05, 4.69) is 5.32 Å². The molecular formula is C24H28N3O8S-. The molecule has 2 aromatic rings. The highest BCUT2D eigenvalue weighted by Gasteiger charge is 2.24.